The molecule has 0 atom stereocenters. The predicted molar refractivity (Wildman–Crippen MR) is 104 cm³/mol. The SMILES string of the molecule is COc1ccccc1C1(C(=O)NCc2nc(C)cc(N3CCCC3)n2)CC1. The van der Waals surface area contributed by atoms with E-state index in [1.807, 2.05) is 37.3 Å². The Morgan fingerprint density at radius 3 is 2.67 bits per heavy atom. The largest absolute Gasteiger partial charge is 0.496 e. The predicted octanol–water partition coefficient (Wildman–Crippen LogP) is 2.74. The molecule has 0 radical (unpaired) electrons. The Kier molecular flexibility index (Phi) is 4.72. The molecule has 1 saturated carbocycles. The molecule has 1 aliphatic carbocycles. The van der Waals surface area contributed by atoms with Crippen LogP contribution in [0.4, 0.5) is 5.82 Å². The summed E-state index contributed by atoms with van der Waals surface area (Å²) in [5.41, 5.74) is 1.42. The average Bonchev–Trinajstić information content (AvgIpc) is 3.31. The van der Waals surface area contributed by atoms with Crippen molar-refractivity contribution < 1.29 is 9.53 Å². The standard InChI is InChI=1S/C21H26N4O2/c1-15-13-19(25-11-5-6-12-25)24-18(23-15)14-22-20(26)21(9-10-21)16-7-3-4-8-17(16)27-2/h3-4,7-8,13H,5-6,9-12,14H2,1-2H3,(H,22,26). The van der Waals surface area contributed by atoms with Crippen molar-refractivity contribution in [2.75, 3.05) is 25.1 Å². The summed E-state index contributed by atoms with van der Waals surface area (Å²) in [4.78, 5) is 24.4. The highest BCUT2D eigenvalue weighted by atomic mass is 16.5. The summed E-state index contributed by atoms with van der Waals surface area (Å²) < 4.78 is 5.46. The van der Waals surface area contributed by atoms with E-state index >= 15 is 0 Å². The van der Waals surface area contributed by atoms with Crippen LogP contribution in [0.3, 0.4) is 0 Å². The number of carbonyl (C=O) groups excluding carboxylic acids is 1. The van der Waals surface area contributed by atoms with Crippen molar-refractivity contribution in [2.24, 2.45) is 0 Å². The highest BCUT2D eigenvalue weighted by Gasteiger charge is 2.52. The van der Waals surface area contributed by atoms with Gasteiger partial charge in [0.25, 0.3) is 0 Å². The number of ether oxygens (including phenoxy) is 1. The summed E-state index contributed by atoms with van der Waals surface area (Å²) in [6, 6.07) is 9.80. The van der Waals surface area contributed by atoms with Gasteiger partial charge in [0.05, 0.1) is 19.1 Å². The van der Waals surface area contributed by atoms with E-state index in [0.29, 0.717) is 12.4 Å². The van der Waals surface area contributed by atoms with Gasteiger partial charge in [-0.1, -0.05) is 18.2 Å². The first kappa shape index (κ1) is 17.8. The summed E-state index contributed by atoms with van der Waals surface area (Å²) in [5.74, 6) is 2.43. The molecule has 6 heteroatoms. The van der Waals surface area contributed by atoms with Gasteiger partial charge in [0.2, 0.25) is 5.91 Å². The van der Waals surface area contributed by atoms with Crippen molar-refractivity contribution in [3.63, 3.8) is 0 Å². The van der Waals surface area contributed by atoms with Crippen LogP contribution in [-0.4, -0.2) is 36.1 Å². The molecule has 2 fully saturated rings. The Balaban J connectivity index is 1.48. The van der Waals surface area contributed by atoms with Crippen LogP contribution >= 0.6 is 0 Å². The molecule has 2 heterocycles. The minimum absolute atomic E-state index is 0.0276. The number of aryl methyl sites for hydroxylation is 1. The van der Waals surface area contributed by atoms with Gasteiger partial charge in [-0.15, -0.1) is 0 Å². The Morgan fingerprint density at radius 1 is 1.22 bits per heavy atom. The van der Waals surface area contributed by atoms with Gasteiger partial charge in [0, 0.05) is 30.4 Å². The van der Waals surface area contributed by atoms with Crippen molar-refractivity contribution in [2.45, 2.75) is 44.6 Å². The fourth-order valence-corrected chi connectivity index (χ4v) is 3.91. The Morgan fingerprint density at radius 2 is 1.96 bits per heavy atom. The van der Waals surface area contributed by atoms with Gasteiger partial charge in [-0.3, -0.25) is 4.79 Å². The molecule has 4 rings (SSSR count). The third-order valence-corrected chi connectivity index (χ3v) is 5.53. The molecule has 1 aromatic heterocycles. The van der Waals surface area contributed by atoms with Gasteiger partial charge >= 0.3 is 0 Å². The number of aromatic nitrogens is 2. The van der Waals surface area contributed by atoms with E-state index in [9.17, 15) is 4.79 Å². The molecule has 6 nitrogen and oxygen atoms in total. The normalized spacial score (nSPS) is 17.6. The van der Waals surface area contributed by atoms with Crippen LogP contribution in [0.1, 0.15) is 42.8 Å². The van der Waals surface area contributed by atoms with Gasteiger partial charge in [0.15, 0.2) is 0 Å². The smallest absolute Gasteiger partial charge is 0.231 e. The molecule has 27 heavy (non-hydrogen) atoms. The number of nitrogens with zero attached hydrogens (tertiary/aromatic N) is 3. The summed E-state index contributed by atoms with van der Waals surface area (Å²) in [6.07, 6.45) is 4.09. The number of rotatable bonds is 6. The maximum atomic E-state index is 13.0. The Hall–Kier alpha value is -2.63. The number of carbonyl (C=O) groups is 1. The zero-order chi connectivity index (χ0) is 18.9. The molecular weight excluding hydrogens is 340 g/mol. The van der Waals surface area contributed by atoms with Crippen LogP contribution in [0.2, 0.25) is 0 Å². The van der Waals surface area contributed by atoms with Crippen molar-refractivity contribution in [1.82, 2.24) is 15.3 Å². The maximum Gasteiger partial charge on any atom is 0.231 e. The zero-order valence-electron chi connectivity index (χ0n) is 16.0. The number of anilines is 1. The van der Waals surface area contributed by atoms with E-state index in [2.05, 4.69) is 20.2 Å². The first-order valence-corrected chi connectivity index (χ1v) is 9.64. The third-order valence-electron chi connectivity index (χ3n) is 5.53. The van der Waals surface area contributed by atoms with Gasteiger partial charge in [-0.05, 0) is 38.7 Å². The molecule has 0 bridgehead atoms. The molecule has 1 aromatic carbocycles. The Bertz CT molecular complexity index is 842. The van der Waals surface area contributed by atoms with Crippen LogP contribution in [0.5, 0.6) is 5.75 Å². The van der Waals surface area contributed by atoms with Gasteiger partial charge in [-0.2, -0.15) is 0 Å². The second-order valence-corrected chi connectivity index (χ2v) is 7.44. The summed E-state index contributed by atoms with van der Waals surface area (Å²) in [7, 11) is 1.65. The van der Waals surface area contributed by atoms with Crippen LogP contribution in [0, 0.1) is 6.92 Å². The number of amides is 1. The number of hydrogen-bond donors (Lipinski definition) is 1. The lowest BCUT2D eigenvalue weighted by Gasteiger charge is -2.19. The summed E-state index contributed by atoms with van der Waals surface area (Å²) in [6.45, 7) is 4.40. The molecule has 2 aromatic rings. The van der Waals surface area contributed by atoms with Crippen molar-refractivity contribution in [1.29, 1.82) is 0 Å². The lowest BCUT2D eigenvalue weighted by atomic mass is 9.94. The lowest BCUT2D eigenvalue weighted by molar-refractivity contribution is -0.123. The molecule has 142 valence electrons. The quantitative estimate of drug-likeness (QED) is 0.851. The van der Waals surface area contributed by atoms with E-state index < -0.39 is 5.41 Å². The number of hydrogen-bond acceptors (Lipinski definition) is 5. The molecule has 1 aliphatic heterocycles. The lowest BCUT2D eigenvalue weighted by Crippen LogP contribution is -2.35. The molecule has 2 aliphatic rings. The van der Waals surface area contributed by atoms with Crippen LogP contribution < -0.4 is 15.0 Å². The molecule has 0 spiro atoms. The fraction of sp³-hybridized carbons (Fsp3) is 0.476. The number of benzene rings is 1. The molecular formula is C21H26N4O2. The van der Waals surface area contributed by atoms with E-state index in [-0.39, 0.29) is 5.91 Å². The molecule has 1 saturated heterocycles. The highest BCUT2D eigenvalue weighted by Crippen LogP contribution is 2.51. The first-order valence-electron chi connectivity index (χ1n) is 9.64. The van der Waals surface area contributed by atoms with E-state index in [4.69, 9.17) is 4.74 Å². The van der Waals surface area contributed by atoms with Crippen molar-refractivity contribution in [3.8, 4) is 5.75 Å². The van der Waals surface area contributed by atoms with Gasteiger partial charge < -0.3 is 15.0 Å². The first-order chi connectivity index (χ1) is 13.1. The molecule has 1 N–H and O–H groups in total. The minimum Gasteiger partial charge on any atom is -0.496 e. The third kappa shape index (κ3) is 3.48. The maximum absolute atomic E-state index is 13.0. The van der Waals surface area contributed by atoms with Crippen LogP contribution in [-0.2, 0) is 16.8 Å². The zero-order valence-corrected chi connectivity index (χ0v) is 16.0. The van der Waals surface area contributed by atoms with Crippen LogP contribution in [0.15, 0.2) is 30.3 Å². The van der Waals surface area contributed by atoms with Gasteiger partial charge in [0.1, 0.15) is 17.4 Å². The second kappa shape index (κ2) is 7.18. The van der Waals surface area contributed by atoms with Crippen molar-refractivity contribution in [3.05, 3.63) is 47.4 Å². The van der Waals surface area contributed by atoms with E-state index in [0.717, 1.165) is 48.8 Å². The van der Waals surface area contributed by atoms with Crippen LogP contribution in [0.25, 0.3) is 0 Å². The highest BCUT2D eigenvalue weighted by molar-refractivity contribution is 5.92. The summed E-state index contributed by atoms with van der Waals surface area (Å²) >= 11 is 0. The van der Waals surface area contributed by atoms with E-state index in [1.54, 1.807) is 7.11 Å². The average molecular weight is 366 g/mol. The van der Waals surface area contributed by atoms with Gasteiger partial charge in [-0.25, -0.2) is 9.97 Å². The van der Waals surface area contributed by atoms with E-state index in [1.165, 1.54) is 12.8 Å². The molecule has 1 amide bonds. The number of nitrogens with one attached hydrogen (secondary N) is 1. The monoisotopic (exact) mass is 366 g/mol. The minimum atomic E-state index is -0.478. The fourth-order valence-electron chi connectivity index (χ4n) is 3.91. The molecule has 0 unspecified atom stereocenters. The van der Waals surface area contributed by atoms with Crippen molar-refractivity contribution >= 4 is 11.7 Å². The number of para-hydroxylation sites is 1. The second-order valence-electron chi connectivity index (χ2n) is 7.44. The topological polar surface area (TPSA) is 67.3 Å². The summed E-state index contributed by atoms with van der Waals surface area (Å²) in [5, 5.41) is 3.06. The number of methoxy groups -OCH3 is 1. The Labute approximate surface area is 160 Å².